The van der Waals surface area contributed by atoms with E-state index in [0.29, 0.717) is 30.5 Å². The fourth-order valence-electron chi connectivity index (χ4n) is 5.07. The zero-order valence-electron chi connectivity index (χ0n) is 20.9. The first-order valence-corrected chi connectivity index (χ1v) is 14.4. The van der Waals surface area contributed by atoms with Crippen molar-refractivity contribution in [3.8, 4) is 0 Å². The number of H-pyrrole nitrogens is 1. The number of hydrogen-bond acceptors (Lipinski definition) is 5. The van der Waals surface area contributed by atoms with E-state index in [1.165, 1.54) is 23.6 Å². The van der Waals surface area contributed by atoms with Crippen molar-refractivity contribution in [3.05, 3.63) is 72.8 Å². The predicted molar refractivity (Wildman–Crippen MR) is 144 cm³/mol. The van der Waals surface area contributed by atoms with Crippen LogP contribution in [0.3, 0.4) is 0 Å². The molecule has 1 aliphatic heterocycles. The molecule has 1 saturated carbocycles. The Morgan fingerprint density at radius 1 is 0.973 bits per heavy atom. The van der Waals surface area contributed by atoms with Crippen LogP contribution >= 0.6 is 0 Å². The maximum absolute atomic E-state index is 13.5. The second-order valence-electron chi connectivity index (χ2n) is 9.68. The van der Waals surface area contributed by atoms with Gasteiger partial charge >= 0.3 is 6.03 Å². The second-order valence-corrected chi connectivity index (χ2v) is 11.5. The average Bonchev–Trinajstić information content (AvgIpc) is 3.46. The summed E-state index contributed by atoms with van der Waals surface area (Å²) in [6.07, 6.45) is 8.99. The lowest BCUT2D eigenvalue weighted by Crippen LogP contribution is -2.53. The topological polar surface area (TPSA) is 102 Å². The molecule has 1 aromatic heterocycles. The number of aromatic nitrogens is 2. The van der Waals surface area contributed by atoms with Gasteiger partial charge in [-0.3, -0.25) is 4.31 Å². The quantitative estimate of drug-likeness (QED) is 0.489. The Kier molecular flexibility index (Phi) is 7.64. The number of carbonyl (C=O) groups is 1. The van der Waals surface area contributed by atoms with Gasteiger partial charge in [0.2, 0.25) is 0 Å². The van der Waals surface area contributed by atoms with E-state index in [4.69, 9.17) is 0 Å². The average molecular weight is 523 g/mol. The standard InChI is InChI=1S/C27H34N6O3S/c34-27(30-22-7-3-1-4-8-22)32-17-15-31(16-18-32)24-11-13-25(14-12-24)33(20-23-19-28-21-29-23)37(35,36)26-9-5-2-6-10-26/h2,5-6,9-14,19,21-22H,1,3-4,7-8,15-18,20H2,(H,28,29)(H,30,34). The smallest absolute Gasteiger partial charge is 0.317 e. The number of sulfonamides is 1. The van der Waals surface area contributed by atoms with Crippen molar-refractivity contribution in [3.63, 3.8) is 0 Å². The Bertz CT molecular complexity index is 1250. The number of imidazole rings is 1. The lowest BCUT2D eigenvalue weighted by Gasteiger charge is -2.37. The van der Waals surface area contributed by atoms with E-state index in [9.17, 15) is 13.2 Å². The Balaban J connectivity index is 1.26. The van der Waals surface area contributed by atoms with Gasteiger partial charge in [-0.15, -0.1) is 0 Å². The molecule has 10 heteroatoms. The van der Waals surface area contributed by atoms with E-state index >= 15 is 0 Å². The molecule has 196 valence electrons. The van der Waals surface area contributed by atoms with Crippen molar-refractivity contribution < 1.29 is 13.2 Å². The molecule has 1 aliphatic carbocycles. The van der Waals surface area contributed by atoms with Crippen molar-refractivity contribution in [2.24, 2.45) is 0 Å². The van der Waals surface area contributed by atoms with Crippen LogP contribution in [0.15, 0.2) is 72.0 Å². The maximum atomic E-state index is 13.5. The summed E-state index contributed by atoms with van der Waals surface area (Å²) in [6, 6.07) is 16.4. The highest BCUT2D eigenvalue weighted by Gasteiger charge is 2.27. The number of hydrogen-bond donors (Lipinski definition) is 2. The van der Waals surface area contributed by atoms with Crippen LogP contribution in [0.2, 0.25) is 0 Å². The van der Waals surface area contributed by atoms with E-state index in [2.05, 4.69) is 20.2 Å². The normalized spacial score (nSPS) is 17.0. The van der Waals surface area contributed by atoms with Gasteiger partial charge in [0.15, 0.2) is 0 Å². The van der Waals surface area contributed by atoms with Crippen LogP contribution in [0.5, 0.6) is 0 Å². The number of nitrogens with zero attached hydrogens (tertiary/aromatic N) is 4. The lowest BCUT2D eigenvalue weighted by molar-refractivity contribution is 0.186. The Morgan fingerprint density at radius 2 is 1.68 bits per heavy atom. The summed E-state index contributed by atoms with van der Waals surface area (Å²) in [4.78, 5) is 24.1. The van der Waals surface area contributed by atoms with Gasteiger partial charge in [0, 0.05) is 44.1 Å². The number of aromatic amines is 1. The summed E-state index contributed by atoms with van der Waals surface area (Å²) in [5.74, 6) is 0. The van der Waals surface area contributed by atoms with E-state index in [1.807, 2.05) is 29.2 Å². The van der Waals surface area contributed by atoms with Gasteiger partial charge in [0.25, 0.3) is 10.0 Å². The van der Waals surface area contributed by atoms with Crippen LogP contribution in [-0.2, 0) is 16.6 Å². The van der Waals surface area contributed by atoms with Gasteiger partial charge in [-0.25, -0.2) is 18.2 Å². The molecule has 0 radical (unpaired) electrons. The molecule has 1 saturated heterocycles. The van der Waals surface area contributed by atoms with Crippen LogP contribution in [-0.4, -0.2) is 61.5 Å². The number of benzene rings is 2. The molecule has 5 rings (SSSR count). The Morgan fingerprint density at radius 3 is 2.32 bits per heavy atom. The molecular formula is C27H34N6O3S. The molecule has 0 bridgehead atoms. The highest BCUT2D eigenvalue weighted by Crippen LogP contribution is 2.28. The molecule has 3 aromatic rings. The minimum absolute atomic E-state index is 0.0439. The van der Waals surface area contributed by atoms with Gasteiger partial charge in [0.05, 0.1) is 29.1 Å². The third-order valence-electron chi connectivity index (χ3n) is 7.20. The minimum Gasteiger partial charge on any atom is -0.368 e. The van der Waals surface area contributed by atoms with Gasteiger partial charge in [0.1, 0.15) is 0 Å². The molecular weight excluding hydrogens is 488 g/mol. The molecule has 2 aliphatic rings. The summed E-state index contributed by atoms with van der Waals surface area (Å²) < 4.78 is 28.4. The predicted octanol–water partition coefficient (Wildman–Crippen LogP) is 3.97. The first-order valence-electron chi connectivity index (χ1n) is 13.0. The van der Waals surface area contributed by atoms with Crippen molar-refractivity contribution in [1.29, 1.82) is 0 Å². The summed E-state index contributed by atoms with van der Waals surface area (Å²) in [7, 11) is -3.78. The fraction of sp³-hybridized carbons (Fsp3) is 0.407. The van der Waals surface area contributed by atoms with Crippen molar-refractivity contribution in [2.75, 3.05) is 35.4 Å². The third kappa shape index (κ3) is 5.90. The van der Waals surface area contributed by atoms with E-state index in [0.717, 1.165) is 31.6 Å². The lowest BCUT2D eigenvalue weighted by atomic mass is 9.96. The number of urea groups is 1. The molecule has 2 aromatic carbocycles. The Hall–Kier alpha value is -3.53. The van der Waals surface area contributed by atoms with E-state index < -0.39 is 10.0 Å². The largest absolute Gasteiger partial charge is 0.368 e. The van der Waals surface area contributed by atoms with Crippen LogP contribution < -0.4 is 14.5 Å². The molecule has 0 unspecified atom stereocenters. The molecule has 2 fully saturated rings. The number of amides is 2. The number of nitrogens with one attached hydrogen (secondary N) is 2. The van der Waals surface area contributed by atoms with Crippen LogP contribution in [0, 0.1) is 0 Å². The zero-order valence-corrected chi connectivity index (χ0v) is 21.7. The first kappa shape index (κ1) is 25.1. The summed E-state index contributed by atoms with van der Waals surface area (Å²) in [5.41, 5.74) is 2.29. The van der Waals surface area contributed by atoms with Gasteiger partial charge in [-0.1, -0.05) is 37.5 Å². The number of carbonyl (C=O) groups excluding carboxylic acids is 1. The molecule has 0 atom stereocenters. The van der Waals surface area contributed by atoms with Crippen LogP contribution in [0.4, 0.5) is 16.2 Å². The molecule has 9 nitrogen and oxygen atoms in total. The monoisotopic (exact) mass is 522 g/mol. The van der Waals surface area contributed by atoms with Crippen molar-refractivity contribution in [1.82, 2.24) is 20.2 Å². The van der Waals surface area contributed by atoms with Gasteiger partial charge < -0.3 is 20.1 Å². The third-order valence-corrected chi connectivity index (χ3v) is 8.99. The van der Waals surface area contributed by atoms with Gasteiger partial charge in [-0.05, 0) is 49.2 Å². The highest BCUT2D eigenvalue weighted by molar-refractivity contribution is 7.92. The SMILES string of the molecule is O=C(NC1CCCCC1)N1CCN(c2ccc(N(Cc3cnc[nH]3)S(=O)(=O)c3ccccc3)cc2)CC1. The molecule has 0 spiro atoms. The molecule has 2 heterocycles. The van der Waals surface area contributed by atoms with Crippen LogP contribution in [0.25, 0.3) is 0 Å². The minimum atomic E-state index is -3.78. The molecule has 37 heavy (non-hydrogen) atoms. The van der Waals surface area contributed by atoms with E-state index in [1.54, 1.807) is 42.9 Å². The summed E-state index contributed by atoms with van der Waals surface area (Å²) in [6.45, 7) is 2.93. The summed E-state index contributed by atoms with van der Waals surface area (Å²) >= 11 is 0. The number of piperazine rings is 1. The zero-order chi connectivity index (χ0) is 25.7. The van der Waals surface area contributed by atoms with Crippen molar-refractivity contribution in [2.45, 2.75) is 49.6 Å². The van der Waals surface area contributed by atoms with Crippen LogP contribution in [0.1, 0.15) is 37.8 Å². The molecule has 2 amide bonds. The van der Waals surface area contributed by atoms with E-state index in [-0.39, 0.29) is 17.5 Å². The molecule has 2 N–H and O–H groups in total. The highest BCUT2D eigenvalue weighted by atomic mass is 32.2. The Labute approximate surface area is 218 Å². The maximum Gasteiger partial charge on any atom is 0.317 e. The number of rotatable bonds is 7. The number of anilines is 2. The second kappa shape index (κ2) is 11.2. The van der Waals surface area contributed by atoms with Crippen molar-refractivity contribution >= 4 is 27.4 Å². The first-order chi connectivity index (χ1) is 18.0. The van der Waals surface area contributed by atoms with Gasteiger partial charge in [-0.2, -0.15) is 0 Å². The fourth-order valence-corrected chi connectivity index (χ4v) is 6.53. The summed E-state index contributed by atoms with van der Waals surface area (Å²) in [5, 5.41) is 3.21.